The van der Waals surface area contributed by atoms with E-state index in [-0.39, 0.29) is 16.9 Å². The van der Waals surface area contributed by atoms with E-state index in [9.17, 15) is 8.78 Å². The number of hydrogen-bond acceptors (Lipinski definition) is 1. The van der Waals surface area contributed by atoms with E-state index < -0.39 is 5.82 Å². The molecule has 0 aromatic heterocycles. The van der Waals surface area contributed by atoms with Gasteiger partial charge in [0.05, 0.1) is 5.02 Å². The number of likely N-dealkylation sites (N-methyl/N-ethyl adjacent to an activating group) is 1. The van der Waals surface area contributed by atoms with Gasteiger partial charge in [-0.05, 0) is 48.9 Å². The minimum absolute atomic E-state index is 0.0503. The lowest BCUT2D eigenvalue weighted by atomic mass is 9.98. The van der Waals surface area contributed by atoms with Crippen LogP contribution < -0.4 is 5.32 Å². The van der Waals surface area contributed by atoms with E-state index in [2.05, 4.69) is 5.32 Å². The molecule has 1 atom stereocenters. The molecule has 0 spiro atoms. The quantitative estimate of drug-likeness (QED) is 0.856. The normalized spacial score (nSPS) is 12.4. The molecule has 0 fully saturated rings. The van der Waals surface area contributed by atoms with Gasteiger partial charge < -0.3 is 5.32 Å². The van der Waals surface area contributed by atoms with E-state index in [0.29, 0.717) is 22.6 Å². The van der Waals surface area contributed by atoms with E-state index in [1.54, 1.807) is 25.2 Å². The third kappa shape index (κ3) is 3.29. The molecule has 20 heavy (non-hydrogen) atoms. The summed E-state index contributed by atoms with van der Waals surface area (Å²) < 4.78 is 27.3. The molecule has 1 unspecified atom stereocenters. The van der Waals surface area contributed by atoms with Gasteiger partial charge in [0.25, 0.3) is 0 Å². The van der Waals surface area contributed by atoms with Crippen LogP contribution in [-0.4, -0.2) is 7.05 Å². The monoisotopic (exact) mass is 315 g/mol. The van der Waals surface area contributed by atoms with Gasteiger partial charge in [0.1, 0.15) is 11.6 Å². The van der Waals surface area contributed by atoms with Gasteiger partial charge in [-0.3, -0.25) is 0 Å². The van der Waals surface area contributed by atoms with E-state index >= 15 is 0 Å². The molecular formula is C15H13Cl2F2N. The lowest BCUT2D eigenvalue weighted by Crippen LogP contribution is -2.20. The molecule has 0 saturated heterocycles. The van der Waals surface area contributed by atoms with Crippen LogP contribution in [0.2, 0.25) is 10.0 Å². The van der Waals surface area contributed by atoms with Gasteiger partial charge in [-0.2, -0.15) is 0 Å². The van der Waals surface area contributed by atoms with Crippen LogP contribution in [0.25, 0.3) is 0 Å². The molecule has 0 saturated carbocycles. The van der Waals surface area contributed by atoms with Crippen molar-refractivity contribution in [1.82, 2.24) is 5.32 Å². The molecule has 0 aliphatic rings. The average Bonchev–Trinajstić information content (AvgIpc) is 2.43. The average molecular weight is 316 g/mol. The van der Waals surface area contributed by atoms with Gasteiger partial charge >= 0.3 is 0 Å². The molecule has 2 aromatic carbocycles. The molecule has 0 amide bonds. The summed E-state index contributed by atoms with van der Waals surface area (Å²) in [5, 5.41) is 3.53. The van der Waals surface area contributed by atoms with Crippen LogP contribution in [0, 0.1) is 11.6 Å². The first-order valence-electron chi connectivity index (χ1n) is 6.08. The number of nitrogens with one attached hydrogen (secondary N) is 1. The highest BCUT2D eigenvalue weighted by molar-refractivity contribution is 6.31. The maximum absolute atomic E-state index is 13.8. The van der Waals surface area contributed by atoms with Crippen LogP contribution in [0.3, 0.4) is 0 Å². The molecule has 1 N–H and O–H groups in total. The largest absolute Gasteiger partial charge is 0.313 e. The summed E-state index contributed by atoms with van der Waals surface area (Å²) in [5.74, 6) is -0.835. The zero-order valence-electron chi connectivity index (χ0n) is 10.8. The van der Waals surface area contributed by atoms with Crippen LogP contribution in [0.1, 0.15) is 17.2 Å². The third-order valence-electron chi connectivity index (χ3n) is 3.14. The second-order valence-electron chi connectivity index (χ2n) is 4.42. The molecule has 1 nitrogen and oxygen atoms in total. The second kappa shape index (κ2) is 6.53. The van der Waals surface area contributed by atoms with Crippen LogP contribution >= 0.6 is 23.2 Å². The smallest absolute Gasteiger partial charge is 0.142 e. The third-order valence-corrected chi connectivity index (χ3v) is 3.77. The van der Waals surface area contributed by atoms with Crippen LogP contribution in [0.5, 0.6) is 0 Å². The standard InChI is InChI=1S/C15H13Cl2F2N/c1-20-14(11-3-2-4-13(19)15(11)17)8-9-7-10(16)5-6-12(9)18/h2-7,14,20H,8H2,1H3. The Bertz CT molecular complexity index is 617. The lowest BCUT2D eigenvalue weighted by molar-refractivity contribution is 0.549. The first-order chi connectivity index (χ1) is 9.52. The Balaban J connectivity index is 2.34. The van der Waals surface area contributed by atoms with E-state index in [0.717, 1.165) is 0 Å². The SMILES string of the molecule is CNC(Cc1cc(Cl)ccc1F)c1cccc(F)c1Cl. The summed E-state index contributed by atoms with van der Waals surface area (Å²) in [5.41, 5.74) is 1.05. The minimum Gasteiger partial charge on any atom is -0.313 e. The van der Waals surface area contributed by atoms with Gasteiger partial charge in [-0.1, -0.05) is 35.3 Å². The molecular weight excluding hydrogens is 303 g/mol. The fourth-order valence-corrected chi connectivity index (χ4v) is 2.53. The molecule has 0 aliphatic heterocycles. The van der Waals surface area contributed by atoms with Crippen molar-refractivity contribution in [2.75, 3.05) is 7.05 Å². The Morgan fingerprint density at radius 1 is 1.10 bits per heavy atom. The number of halogens is 4. The predicted octanol–water partition coefficient (Wildman–Crippen LogP) is 4.77. The molecule has 2 rings (SSSR count). The van der Waals surface area contributed by atoms with Gasteiger partial charge in [0.15, 0.2) is 0 Å². The summed E-state index contributed by atoms with van der Waals surface area (Å²) in [7, 11) is 1.72. The highest BCUT2D eigenvalue weighted by Crippen LogP contribution is 2.29. The molecule has 0 heterocycles. The maximum Gasteiger partial charge on any atom is 0.142 e. The lowest BCUT2D eigenvalue weighted by Gasteiger charge is -2.19. The summed E-state index contributed by atoms with van der Waals surface area (Å²) in [6, 6.07) is 8.66. The second-order valence-corrected chi connectivity index (χ2v) is 5.24. The Morgan fingerprint density at radius 2 is 1.85 bits per heavy atom. The molecule has 2 aromatic rings. The van der Waals surface area contributed by atoms with E-state index in [1.165, 1.54) is 18.2 Å². The Hall–Kier alpha value is -1.16. The fourth-order valence-electron chi connectivity index (χ4n) is 2.08. The van der Waals surface area contributed by atoms with Crippen molar-refractivity contribution in [2.45, 2.75) is 12.5 Å². The van der Waals surface area contributed by atoms with Crippen molar-refractivity contribution in [3.8, 4) is 0 Å². The zero-order chi connectivity index (χ0) is 14.7. The van der Waals surface area contributed by atoms with Crippen molar-refractivity contribution in [1.29, 1.82) is 0 Å². The Labute approximate surface area is 126 Å². The highest BCUT2D eigenvalue weighted by Gasteiger charge is 2.17. The van der Waals surface area contributed by atoms with Crippen molar-refractivity contribution >= 4 is 23.2 Å². The van der Waals surface area contributed by atoms with Crippen molar-refractivity contribution in [3.63, 3.8) is 0 Å². The van der Waals surface area contributed by atoms with Gasteiger partial charge in [-0.25, -0.2) is 8.78 Å². The van der Waals surface area contributed by atoms with Crippen molar-refractivity contribution < 1.29 is 8.78 Å². The molecule has 0 radical (unpaired) electrons. The van der Waals surface area contributed by atoms with Gasteiger partial charge in [0, 0.05) is 11.1 Å². The summed E-state index contributed by atoms with van der Waals surface area (Å²) >= 11 is 11.8. The summed E-state index contributed by atoms with van der Waals surface area (Å²) in [4.78, 5) is 0. The number of benzene rings is 2. The predicted molar refractivity (Wildman–Crippen MR) is 78.3 cm³/mol. The topological polar surface area (TPSA) is 12.0 Å². The summed E-state index contributed by atoms with van der Waals surface area (Å²) in [6.07, 6.45) is 0.325. The maximum atomic E-state index is 13.8. The van der Waals surface area contributed by atoms with Crippen LogP contribution in [0.15, 0.2) is 36.4 Å². The van der Waals surface area contributed by atoms with E-state index in [4.69, 9.17) is 23.2 Å². The Morgan fingerprint density at radius 3 is 2.55 bits per heavy atom. The Kier molecular flexibility index (Phi) is 4.97. The molecule has 106 valence electrons. The molecule has 0 bridgehead atoms. The first kappa shape index (κ1) is 15.2. The van der Waals surface area contributed by atoms with Gasteiger partial charge in [0.2, 0.25) is 0 Å². The highest BCUT2D eigenvalue weighted by atomic mass is 35.5. The molecule has 5 heteroatoms. The van der Waals surface area contributed by atoms with Crippen molar-refractivity contribution in [3.05, 3.63) is 69.2 Å². The fraction of sp³-hybridized carbons (Fsp3) is 0.200. The number of rotatable bonds is 4. The van der Waals surface area contributed by atoms with Crippen LogP contribution in [-0.2, 0) is 6.42 Å². The summed E-state index contributed by atoms with van der Waals surface area (Å²) in [6.45, 7) is 0. The van der Waals surface area contributed by atoms with Gasteiger partial charge in [-0.15, -0.1) is 0 Å². The first-order valence-corrected chi connectivity index (χ1v) is 6.83. The zero-order valence-corrected chi connectivity index (χ0v) is 12.3. The van der Waals surface area contributed by atoms with Crippen LogP contribution in [0.4, 0.5) is 8.78 Å². The molecule has 0 aliphatic carbocycles. The van der Waals surface area contributed by atoms with Crippen molar-refractivity contribution in [2.24, 2.45) is 0 Å². The minimum atomic E-state index is -0.490. The van der Waals surface area contributed by atoms with E-state index in [1.807, 2.05) is 0 Å². The number of hydrogen-bond donors (Lipinski definition) is 1.